The van der Waals surface area contributed by atoms with Crippen molar-refractivity contribution in [2.45, 2.75) is 122 Å². The van der Waals surface area contributed by atoms with Gasteiger partial charge in [-0.2, -0.15) is 0 Å². The van der Waals surface area contributed by atoms with Crippen LogP contribution in [0, 0.1) is 0 Å². The highest BCUT2D eigenvalue weighted by Crippen LogP contribution is 2.51. The Hall–Kier alpha value is -1.10. The van der Waals surface area contributed by atoms with Gasteiger partial charge in [0.1, 0.15) is 24.4 Å². The smallest absolute Gasteiger partial charge is 0.235 e. The molecule has 0 radical (unpaired) electrons. The summed E-state index contributed by atoms with van der Waals surface area (Å²) in [5.74, 6) is -1.14. The van der Waals surface area contributed by atoms with Gasteiger partial charge in [-0.1, -0.05) is 71.6 Å². The van der Waals surface area contributed by atoms with Gasteiger partial charge in [0.2, 0.25) is 5.79 Å². The molecule has 1 aromatic carbocycles. The van der Waals surface area contributed by atoms with E-state index in [1.807, 2.05) is 12.1 Å². The lowest BCUT2D eigenvalue weighted by molar-refractivity contribution is -0.389. The molecule has 232 valence electrons. The number of benzene rings is 1. The molecule has 0 aliphatic carbocycles. The summed E-state index contributed by atoms with van der Waals surface area (Å²) in [4.78, 5) is 1.02. The Morgan fingerprint density at radius 2 is 1.54 bits per heavy atom. The van der Waals surface area contributed by atoms with Crippen molar-refractivity contribution in [3.63, 3.8) is 0 Å². The number of rotatable bonds is 18. The van der Waals surface area contributed by atoms with Crippen molar-refractivity contribution in [1.82, 2.24) is 0 Å². The van der Waals surface area contributed by atoms with Crippen LogP contribution >= 0.6 is 11.3 Å². The topological polar surface area (TPSA) is 75.6 Å². The normalized spacial score (nSPS) is 26.2. The van der Waals surface area contributed by atoms with Gasteiger partial charge in [-0.05, 0) is 48.6 Å². The molecule has 2 aliphatic rings. The van der Waals surface area contributed by atoms with Gasteiger partial charge in [-0.25, -0.2) is 0 Å². The van der Waals surface area contributed by atoms with Crippen molar-refractivity contribution in [3.8, 4) is 0 Å². The minimum absolute atomic E-state index is 0.00807. The van der Waals surface area contributed by atoms with Gasteiger partial charge in [0.15, 0.2) is 0 Å². The molecular weight excluding hydrogens is 540 g/mol. The average molecular weight is 593 g/mol. The van der Waals surface area contributed by atoms with E-state index in [9.17, 15) is 5.11 Å². The second-order valence-electron chi connectivity index (χ2n) is 11.2. The molecule has 1 spiro atoms. The molecule has 0 saturated carbocycles. The molecular formula is C33H52O7S. The molecule has 5 atom stereocenters. The van der Waals surface area contributed by atoms with Crippen LogP contribution in [-0.2, 0) is 47.2 Å². The number of thiophene rings is 1. The number of fused-ring (bicyclic) bond motifs is 4. The SMILES string of the molecule is CCCCOC[C@H]1O[C@]2(OCCc3c2sc2c(CO)cccc32)[C@H](OCCCC)[C@@H](OCCCC)[C@@H]1OCCCC. The molecule has 4 rings (SSSR count). The van der Waals surface area contributed by atoms with E-state index in [0.717, 1.165) is 78.3 Å². The molecule has 8 heteroatoms. The molecule has 0 unspecified atom stereocenters. The molecule has 3 heterocycles. The lowest BCUT2D eigenvalue weighted by Gasteiger charge is -2.53. The fourth-order valence-corrected chi connectivity index (χ4v) is 7.23. The van der Waals surface area contributed by atoms with Gasteiger partial charge in [0, 0.05) is 31.1 Å². The predicted molar refractivity (Wildman–Crippen MR) is 164 cm³/mol. The minimum atomic E-state index is -1.14. The molecule has 7 nitrogen and oxygen atoms in total. The van der Waals surface area contributed by atoms with Crippen LogP contribution in [0.15, 0.2) is 18.2 Å². The Morgan fingerprint density at radius 3 is 2.22 bits per heavy atom. The summed E-state index contributed by atoms with van der Waals surface area (Å²) in [6.45, 7) is 12.1. The Balaban J connectivity index is 1.81. The molecule has 1 N–H and O–H groups in total. The van der Waals surface area contributed by atoms with Crippen LogP contribution in [0.2, 0.25) is 0 Å². The monoisotopic (exact) mass is 592 g/mol. The maximum absolute atomic E-state index is 10.1. The van der Waals surface area contributed by atoms with Crippen LogP contribution in [0.5, 0.6) is 0 Å². The molecule has 2 aromatic rings. The van der Waals surface area contributed by atoms with Crippen molar-refractivity contribution in [3.05, 3.63) is 34.2 Å². The third kappa shape index (κ3) is 7.52. The van der Waals surface area contributed by atoms with Gasteiger partial charge in [-0.3, -0.25) is 0 Å². The highest BCUT2D eigenvalue weighted by molar-refractivity contribution is 7.19. The average Bonchev–Trinajstić information content (AvgIpc) is 3.38. The lowest BCUT2D eigenvalue weighted by atomic mass is 9.87. The van der Waals surface area contributed by atoms with E-state index in [0.29, 0.717) is 39.6 Å². The fourth-order valence-electron chi connectivity index (χ4n) is 5.76. The quantitative estimate of drug-likeness (QED) is 0.189. The Labute approximate surface area is 250 Å². The molecule has 0 bridgehead atoms. The molecule has 2 aliphatic heterocycles. The van der Waals surface area contributed by atoms with E-state index < -0.39 is 11.9 Å². The largest absolute Gasteiger partial charge is 0.392 e. The van der Waals surface area contributed by atoms with E-state index in [2.05, 4.69) is 33.8 Å². The summed E-state index contributed by atoms with van der Waals surface area (Å²) >= 11 is 1.66. The van der Waals surface area contributed by atoms with E-state index in [4.69, 9.17) is 28.4 Å². The highest BCUT2D eigenvalue weighted by Gasteiger charge is 2.61. The number of hydrogen-bond acceptors (Lipinski definition) is 8. The third-order valence-electron chi connectivity index (χ3n) is 8.08. The summed E-state index contributed by atoms with van der Waals surface area (Å²) in [6, 6.07) is 6.17. The van der Waals surface area contributed by atoms with Crippen LogP contribution in [0.25, 0.3) is 10.1 Å². The van der Waals surface area contributed by atoms with Crippen molar-refractivity contribution in [2.24, 2.45) is 0 Å². The Bertz CT molecular complexity index is 1040. The summed E-state index contributed by atoms with van der Waals surface area (Å²) in [5.41, 5.74) is 2.14. The maximum atomic E-state index is 10.1. The van der Waals surface area contributed by atoms with Crippen molar-refractivity contribution >= 4 is 21.4 Å². The van der Waals surface area contributed by atoms with Crippen LogP contribution < -0.4 is 0 Å². The van der Waals surface area contributed by atoms with Crippen LogP contribution in [-0.4, -0.2) is 69.2 Å². The number of aliphatic hydroxyl groups excluding tert-OH is 1. The number of unbranched alkanes of at least 4 members (excludes halogenated alkanes) is 4. The fraction of sp³-hybridized carbons (Fsp3) is 0.758. The van der Waals surface area contributed by atoms with Crippen LogP contribution in [0.1, 0.15) is 95.1 Å². The molecule has 1 fully saturated rings. The van der Waals surface area contributed by atoms with Crippen molar-refractivity contribution < 1.29 is 33.5 Å². The minimum Gasteiger partial charge on any atom is -0.392 e. The van der Waals surface area contributed by atoms with Crippen LogP contribution in [0.4, 0.5) is 0 Å². The third-order valence-corrected chi connectivity index (χ3v) is 9.50. The first kappa shape index (κ1) is 32.8. The zero-order chi connectivity index (χ0) is 29.1. The Morgan fingerprint density at radius 1 is 0.878 bits per heavy atom. The van der Waals surface area contributed by atoms with Gasteiger partial charge >= 0.3 is 0 Å². The van der Waals surface area contributed by atoms with Crippen molar-refractivity contribution in [2.75, 3.05) is 39.6 Å². The van der Waals surface area contributed by atoms with Gasteiger partial charge in [-0.15, -0.1) is 11.3 Å². The molecule has 41 heavy (non-hydrogen) atoms. The Kier molecular flexibility index (Phi) is 13.3. The first-order chi connectivity index (χ1) is 20.1. The summed E-state index contributed by atoms with van der Waals surface area (Å²) in [5, 5.41) is 11.3. The van der Waals surface area contributed by atoms with Gasteiger partial charge in [0.05, 0.1) is 24.7 Å². The molecule has 0 amide bonds. The van der Waals surface area contributed by atoms with Gasteiger partial charge in [0.25, 0.3) is 0 Å². The number of ether oxygens (including phenoxy) is 6. The second-order valence-corrected chi connectivity index (χ2v) is 12.3. The summed E-state index contributed by atoms with van der Waals surface area (Å²) < 4.78 is 41.2. The lowest BCUT2D eigenvalue weighted by Crippen LogP contribution is -2.67. The van der Waals surface area contributed by atoms with E-state index in [1.54, 1.807) is 11.3 Å². The van der Waals surface area contributed by atoms with Gasteiger partial charge < -0.3 is 33.5 Å². The maximum Gasteiger partial charge on any atom is 0.235 e. The first-order valence-electron chi connectivity index (χ1n) is 16.0. The zero-order valence-electron chi connectivity index (χ0n) is 25.7. The standard InChI is InChI=1S/C33H52O7S/c1-5-9-17-35-23-27-28(36-18-10-6-2)29(37-19-11-7-3)31(38-20-12-8-4)33(40-27)32-26(16-21-39-33)25-15-13-14-24(22-34)30(25)41-32/h13-15,27-29,31,34H,5-12,16-23H2,1-4H3/t27-,28-,29+,31-,33-/m1/s1. The second kappa shape index (κ2) is 16.7. The molecule has 1 aromatic heterocycles. The van der Waals surface area contributed by atoms with Crippen LogP contribution in [0.3, 0.4) is 0 Å². The van der Waals surface area contributed by atoms with E-state index in [1.165, 1.54) is 5.56 Å². The van der Waals surface area contributed by atoms with E-state index in [-0.39, 0.29) is 24.9 Å². The number of aliphatic hydroxyl groups is 1. The summed E-state index contributed by atoms with van der Waals surface area (Å²) in [6.07, 6.45) is 7.24. The zero-order valence-corrected chi connectivity index (χ0v) is 26.5. The van der Waals surface area contributed by atoms with E-state index >= 15 is 0 Å². The highest BCUT2D eigenvalue weighted by atomic mass is 32.1. The van der Waals surface area contributed by atoms with Crippen molar-refractivity contribution in [1.29, 1.82) is 0 Å². The number of hydrogen-bond donors (Lipinski definition) is 1. The first-order valence-corrected chi connectivity index (χ1v) is 16.9. The predicted octanol–water partition coefficient (Wildman–Crippen LogP) is 6.89. The summed E-state index contributed by atoms with van der Waals surface area (Å²) in [7, 11) is 0. The molecule has 1 saturated heterocycles.